The number of hydrogen-bond acceptors (Lipinski definition) is 4. The lowest BCUT2D eigenvalue weighted by Crippen LogP contribution is -2.49. The van der Waals surface area contributed by atoms with Crippen molar-refractivity contribution >= 4 is 5.91 Å². The van der Waals surface area contributed by atoms with Gasteiger partial charge in [-0.15, -0.1) is 0 Å². The van der Waals surface area contributed by atoms with Crippen LogP contribution in [0.4, 0.5) is 0 Å². The summed E-state index contributed by atoms with van der Waals surface area (Å²) < 4.78 is 13.4. The number of nitrogens with zero attached hydrogens (tertiary/aromatic N) is 2. The van der Waals surface area contributed by atoms with Gasteiger partial charge in [0.05, 0.1) is 0 Å². The van der Waals surface area contributed by atoms with Crippen LogP contribution in [0.1, 0.15) is 12.2 Å². The van der Waals surface area contributed by atoms with Gasteiger partial charge >= 0.3 is 0 Å². The van der Waals surface area contributed by atoms with E-state index in [4.69, 9.17) is 9.47 Å². The van der Waals surface area contributed by atoms with E-state index in [2.05, 4.69) is 14.9 Å². The molecule has 2 aliphatic rings. The molecule has 0 spiro atoms. The van der Waals surface area contributed by atoms with Crippen LogP contribution in [0.5, 0.6) is 11.5 Å². The lowest BCUT2D eigenvalue weighted by atomic mass is 10.1. The Morgan fingerprint density at radius 1 is 1.32 bits per heavy atom. The second-order valence-corrected chi connectivity index (χ2v) is 5.60. The molecule has 2 aromatic rings. The topological polar surface area (TPSA) is 65.4 Å². The Bertz CT molecular complexity index is 697. The van der Waals surface area contributed by atoms with Gasteiger partial charge in [-0.3, -0.25) is 4.79 Å². The summed E-state index contributed by atoms with van der Waals surface area (Å²) >= 11 is 0. The molecule has 4 rings (SSSR count). The molecule has 0 fully saturated rings. The molecule has 114 valence electrons. The Morgan fingerprint density at radius 3 is 3.09 bits per heavy atom. The van der Waals surface area contributed by atoms with E-state index in [0.29, 0.717) is 11.5 Å². The van der Waals surface area contributed by atoms with Gasteiger partial charge in [0.25, 0.3) is 5.91 Å². The van der Waals surface area contributed by atoms with Gasteiger partial charge in [0.1, 0.15) is 12.4 Å². The Labute approximate surface area is 128 Å². The number of para-hydroxylation sites is 2. The van der Waals surface area contributed by atoms with Crippen LogP contribution < -0.4 is 14.8 Å². The van der Waals surface area contributed by atoms with Crippen LogP contribution >= 0.6 is 0 Å². The van der Waals surface area contributed by atoms with Gasteiger partial charge in [-0.1, -0.05) is 12.1 Å². The van der Waals surface area contributed by atoms with Gasteiger partial charge in [0.2, 0.25) is 6.10 Å². The summed E-state index contributed by atoms with van der Waals surface area (Å²) in [5, 5.41) is 3.06. The molecule has 2 atom stereocenters. The van der Waals surface area contributed by atoms with Crippen molar-refractivity contribution in [2.75, 3.05) is 6.61 Å². The average molecular weight is 299 g/mol. The monoisotopic (exact) mass is 299 g/mol. The summed E-state index contributed by atoms with van der Waals surface area (Å²) in [5.74, 6) is 2.27. The number of hydrogen-bond donors (Lipinski definition) is 1. The van der Waals surface area contributed by atoms with Crippen molar-refractivity contribution in [1.29, 1.82) is 0 Å². The number of fused-ring (bicyclic) bond motifs is 2. The molecule has 3 heterocycles. The van der Waals surface area contributed by atoms with Crippen LogP contribution in [0, 0.1) is 0 Å². The molecule has 1 N–H and O–H groups in total. The van der Waals surface area contributed by atoms with E-state index >= 15 is 0 Å². The van der Waals surface area contributed by atoms with E-state index in [0.717, 1.165) is 25.2 Å². The molecule has 6 nitrogen and oxygen atoms in total. The fourth-order valence-corrected chi connectivity index (χ4v) is 2.93. The molecule has 0 saturated carbocycles. The first-order valence-electron chi connectivity index (χ1n) is 7.48. The molecule has 2 aliphatic heterocycles. The van der Waals surface area contributed by atoms with Crippen LogP contribution in [0.15, 0.2) is 36.7 Å². The second-order valence-electron chi connectivity index (χ2n) is 5.60. The summed E-state index contributed by atoms with van der Waals surface area (Å²) in [6.07, 6.45) is 4.92. The quantitative estimate of drug-likeness (QED) is 0.903. The minimum atomic E-state index is -0.598. The number of aryl methyl sites for hydroxylation is 1. The summed E-state index contributed by atoms with van der Waals surface area (Å²) in [4.78, 5) is 16.7. The molecule has 0 unspecified atom stereocenters. The van der Waals surface area contributed by atoms with Crippen molar-refractivity contribution in [2.45, 2.75) is 31.5 Å². The number of carbonyl (C=O) groups is 1. The SMILES string of the molecule is O=C(N[C@@H]1CCc2nccn2C1)[C@H]1COc2ccccc2O1. The Kier molecular flexibility index (Phi) is 3.21. The van der Waals surface area contributed by atoms with Gasteiger partial charge in [-0.2, -0.15) is 0 Å². The number of ether oxygens (including phenoxy) is 2. The van der Waals surface area contributed by atoms with Crippen molar-refractivity contribution in [3.63, 3.8) is 0 Å². The standard InChI is InChI=1S/C16H17N3O3/c20-16(14-10-21-12-3-1-2-4-13(12)22-14)18-11-5-6-15-17-7-8-19(15)9-11/h1-4,7-8,11,14H,5-6,9-10H2,(H,18,20)/t11-,14-/m1/s1. The normalized spacial score (nSPS) is 22.7. The van der Waals surface area contributed by atoms with Gasteiger partial charge in [0, 0.05) is 31.4 Å². The van der Waals surface area contributed by atoms with Gasteiger partial charge in [0.15, 0.2) is 11.5 Å². The van der Waals surface area contributed by atoms with Crippen molar-refractivity contribution in [3.8, 4) is 11.5 Å². The van der Waals surface area contributed by atoms with E-state index in [9.17, 15) is 4.79 Å². The molecule has 0 saturated heterocycles. The molecular weight excluding hydrogens is 282 g/mol. The third kappa shape index (κ3) is 2.41. The maximum absolute atomic E-state index is 12.4. The molecular formula is C16H17N3O3. The van der Waals surface area contributed by atoms with Crippen LogP contribution in [0.25, 0.3) is 0 Å². The number of imidazole rings is 1. The largest absolute Gasteiger partial charge is 0.485 e. The van der Waals surface area contributed by atoms with Crippen molar-refractivity contribution in [3.05, 3.63) is 42.5 Å². The zero-order valence-corrected chi connectivity index (χ0v) is 12.1. The van der Waals surface area contributed by atoms with Gasteiger partial charge in [-0.25, -0.2) is 4.98 Å². The van der Waals surface area contributed by atoms with E-state index in [-0.39, 0.29) is 18.6 Å². The number of nitrogens with one attached hydrogen (secondary N) is 1. The smallest absolute Gasteiger partial charge is 0.264 e. The highest BCUT2D eigenvalue weighted by molar-refractivity contribution is 5.82. The first kappa shape index (κ1) is 13.2. The number of rotatable bonds is 2. The molecule has 1 amide bonds. The maximum atomic E-state index is 12.4. The summed E-state index contributed by atoms with van der Waals surface area (Å²) in [6, 6.07) is 7.51. The Balaban J connectivity index is 1.39. The first-order valence-corrected chi connectivity index (χ1v) is 7.48. The Morgan fingerprint density at radius 2 is 2.18 bits per heavy atom. The van der Waals surface area contributed by atoms with Crippen LogP contribution in [-0.2, 0) is 17.8 Å². The highest BCUT2D eigenvalue weighted by Gasteiger charge is 2.29. The number of carbonyl (C=O) groups excluding carboxylic acids is 1. The van der Waals surface area contributed by atoms with Crippen molar-refractivity contribution in [1.82, 2.24) is 14.9 Å². The zero-order chi connectivity index (χ0) is 14.9. The van der Waals surface area contributed by atoms with E-state index < -0.39 is 6.10 Å². The maximum Gasteiger partial charge on any atom is 0.264 e. The van der Waals surface area contributed by atoms with E-state index in [1.165, 1.54) is 0 Å². The number of aromatic nitrogens is 2. The van der Waals surface area contributed by atoms with Crippen molar-refractivity contribution in [2.24, 2.45) is 0 Å². The van der Waals surface area contributed by atoms with Crippen LogP contribution in [-0.4, -0.2) is 34.2 Å². The lowest BCUT2D eigenvalue weighted by Gasteiger charge is -2.29. The Hall–Kier alpha value is -2.50. The third-order valence-corrected chi connectivity index (χ3v) is 4.08. The molecule has 1 aromatic heterocycles. The molecule has 0 radical (unpaired) electrons. The highest BCUT2D eigenvalue weighted by Crippen LogP contribution is 2.30. The van der Waals surface area contributed by atoms with E-state index in [1.54, 1.807) is 6.20 Å². The summed E-state index contributed by atoms with van der Waals surface area (Å²) in [5.41, 5.74) is 0. The van der Waals surface area contributed by atoms with Gasteiger partial charge in [-0.05, 0) is 18.6 Å². The second kappa shape index (κ2) is 5.36. The minimum absolute atomic E-state index is 0.106. The van der Waals surface area contributed by atoms with E-state index in [1.807, 2.05) is 30.5 Å². The fraction of sp³-hybridized carbons (Fsp3) is 0.375. The molecule has 6 heteroatoms. The molecule has 0 bridgehead atoms. The lowest BCUT2D eigenvalue weighted by molar-refractivity contribution is -0.131. The van der Waals surface area contributed by atoms with Crippen LogP contribution in [0.3, 0.4) is 0 Å². The third-order valence-electron chi connectivity index (χ3n) is 4.08. The summed E-state index contributed by atoms with van der Waals surface area (Å²) in [6.45, 7) is 0.997. The highest BCUT2D eigenvalue weighted by atomic mass is 16.6. The predicted molar refractivity (Wildman–Crippen MR) is 78.8 cm³/mol. The fourth-order valence-electron chi connectivity index (χ4n) is 2.93. The predicted octanol–water partition coefficient (Wildman–Crippen LogP) is 1.15. The summed E-state index contributed by atoms with van der Waals surface area (Å²) in [7, 11) is 0. The minimum Gasteiger partial charge on any atom is -0.485 e. The van der Waals surface area contributed by atoms with Crippen LogP contribution in [0.2, 0.25) is 0 Å². The first-order chi connectivity index (χ1) is 10.8. The average Bonchev–Trinajstić information content (AvgIpc) is 3.02. The molecule has 1 aromatic carbocycles. The van der Waals surface area contributed by atoms with Crippen molar-refractivity contribution < 1.29 is 14.3 Å². The molecule has 0 aliphatic carbocycles. The number of amides is 1. The zero-order valence-electron chi connectivity index (χ0n) is 12.1. The molecule has 22 heavy (non-hydrogen) atoms. The number of benzene rings is 1. The van der Waals surface area contributed by atoms with Gasteiger partial charge < -0.3 is 19.4 Å².